The molecule has 1 saturated carbocycles. The van der Waals surface area contributed by atoms with Crippen LogP contribution >= 0.6 is 12.2 Å². The molecule has 1 aliphatic rings. The lowest BCUT2D eigenvalue weighted by atomic mass is 10.0. The second kappa shape index (κ2) is 5.97. The Morgan fingerprint density at radius 2 is 2.37 bits per heavy atom. The Morgan fingerprint density at radius 3 is 3.05 bits per heavy atom. The van der Waals surface area contributed by atoms with E-state index in [0.29, 0.717) is 16.3 Å². The van der Waals surface area contributed by atoms with E-state index >= 15 is 0 Å². The van der Waals surface area contributed by atoms with E-state index in [4.69, 9.17) is 22.7 Å². The highest BCUT2D eigenvalue weighted by molar-refractivity contribution is 7.80. The first-order valence-electron chi connectivity index (χ1n) is 6.21. The van der Waals surface area contributed by atoms with Crippen LogP contribution in [0.5, 0.6) is 5.75 Å². The Bertz CT molecular complexity index is 493. The maximum absolute atomic E-state index is 12.2. The molecule has 0 aromatic carbocycles. The van der Waals surface area contributed by atoms with E-state index in [2.05, 4.69) is 10.3 Å². The van der Waals surface area contributed by atoms with E-state index in [1.807, 2.05) is 0 Å². The first-order valence-corrected chi connectivity index (χ1v) is 6.62. The van der Waals surface area contributed by atoms with Gasteiger partial charge >= 0.3 is 0 Å². The third-order valence-corrected chi connectivity index (χ3v) is 3.75. The first-order chi connectivity index (χ1) is 9.13. The van der Waals surface area contributed by atoms with Gasteiger partial charge in [0.25, 0.3) is 5.91 Å². The van der Waals surface area contributed by atoms with Crippen LogP contribution < -0.4 is 15.8 Å². The quantitative estimate of drug-likeness (QED) is 0.812. The van der Waals surface area contributed by atoms with Crippen LogP contribution in [0, 0.1) is 5.92 Å². The standard InChI is InChI=1S/C13H17N3O2S/c1-18-11-7-15-6-5-9(11)13(17)16-10-4-2-3-8(10)12(14)19/h5-8,10H,2-4H2,1H3,(H2,14,19)(H,16,17). The highest BCUT2D eigenvalue weighted by Gasteiger charge is 2.31. The van der Waals surface area contributed by atoms with Gasteiger partial charge in [-0.3, -0.25) is 9.78 Å². The number of methoxy groups -OCH3 is 1. The molecule has 3 N–H and O–H groups in total. The summed E-state index contributed by atoms with van der Waals surface area (Å²) < 4.78 is 5.13. The van der Waals surface area contributed by atoms with E-state index in [-0.39, 0.29) is 17.9 Å². The number of aromatic nitrogens is 1. The summed E-state index contributed by atoms with van der Waals surface area (Å²) in [6.07, 6.45) is 5.96. The fourth-order valence-corrected chi connectivity index (χ4v) is 2.73. The number of carbonyl (C=O) groups is 1. The van der Waals surface area contributed by atoms with Crippen LogP contribution in [0.3, 0.4) is 0 Å². The maximum Gasteiger partial charge on any atom is 0.255 e. The van der Waals surface area contributed by atoms with Gasteiger partial charge in [0.05, 0.1) is 23.9 Å². The van der Waals surface area contributed by atoms with Gasteiger partial charge < -0.3 is 15.8 Å². The predicted octanol–water partition coefficient (Wildman–Crippen LogP) is 1.27. The van der Waals surface area contributed by atoms with E-state index in [0.717, 1.165) is 19.3 Å². The van der Waals surface area contributed by atoms with Gasteiger partial charge in [-0.2, -0.15) is 0 Å². The van der Waals surface area contributed by atoms with Crippen LogP contribution in [0.1, 0.15) is 29.6 Å². The van der Waals surface area contributed by atoms with Gasteiger partial charge in [0.2, 0.25) is 0 Å². The predicted molar refractivity (Wildman–Crippen MR) is 76.2 cm³/mol. The molecular formula is C13H17N3O2S. The molecule has 2 atom stereocenters. The van der Waals surface area contributed by atoms with Crippen molar-refractivity contribution in [1.29, 1.82) is 0 Å². The van der Waals surface area contributed by atoms with Crippen LogP contribution in [0.4, 0.5) is 0 Å². The lowest BCUT2D eigenvalue weighted by Crippen LogP contribution is -2.41. The minimum Gasteiger partial charge on any atom is -0.494 e. The second-order valence-electron chi connectivity index (χ2n) is 4.60. The molecule has 0 aliphatic heterocycles. The number of hydrogen-bond acceptors (Lipinski definition) is 4. The van der Waals surface area contributed by atoms with Crippen molar-refractivity contribution >= 4 is 23.1 Å². The molecule has 1 aromatic rings. The fraction of sp³-hybridized carbons (Fsp3) is 0.462. The first kappa shape index (κ1) is 13.7. The topological polar surface area (TPSA) is 77.2 Å². The monoisotopic (exact) mass is 279 g/mol. The number of rotatable bonds is 4. The molecule has 0 bridgehead atoms. The highest BCUT2D eigenvalue weighted by Crippen LogP contribution is 2.26. The molecule has 102 valence electrons. The number of nitrogens with one attached hydrogen (secondary N) is 1. The van der Waals surface area contributed by atoms with Gasteiger partial charge in [-0.25, -0.2) is 0 Å². The third kappa shape index (κ3) is 3.01. The van der Waals surface area contributed by atoms with Crippen LogP contribution in [0.2, 0.25) is 0 Å². The maximum atomic E-state index is 12.2. The third-order valence-electron chi connectivity index (χ3n) is 3.45. The number of nitrogens with zero attached hydrogens (tertiary/aromatic N) is 1. The summed E-state index contributed by atoms with van der Waals surface area (Å²) in [5, 5.41) is 2.99. The zero-order valence-corrected chi connectivity index (χ0v) is 11.6. The molecular weight excluding hydrogens is 262 g/mol. The van der Waals surface area contributed by atoms with Crippen molar-refractivity contribution in [3.05, 3.63) is 24.0 Å². The molecule has 1 amide bonds. The smallest absolute Gasteiger partial charge is 0.255 e. The van der Waals surface area contributed by atoms with Crippen LogP contribution in [0.25, 0.3) is 0 Å². The number of carbonyl (C=O) groups excluding carboxylic acids is 1. The number of ether oxygens (including phenoxy) is 1. The summed E-state index contributed by atoms with van der Waals surface area (Å²) in [7, 11) is 1.52. The van der Waals surface area contributed by atoms with E-state index in [1.165, 1.54) is 13.3 Å². The number of nitrogens with two attached hydrogens (primary N) is 1. The molecule has 1 heterocycles. The van der Waals surface area contributed by atoms with Crippen molar-refractivity contribution in [3.63, 3.8) is 0 Å². The summed E-state index contributed by atoms with van der Waals surface area (Å²) in [5.74, 6) is 0.379. The van der Waals surface area contributed by atoms with E-state index < -0.39 is 0 Å². The average molecular weight is 279 g/mol. The molecule has 0 radical (unpaired) electrons. The molecule has 19 heavy (non-hydrogen) atoms. The molecule has 2 unspecified atom stereocenters. The Hall–Kier alpha value is -1.69. The summed E-state index contributed by atoms with van der Waals surface area (Å²) in [4.78, 5) is 16.6. The summed E-state index contributed by atoms with van der Waals surface area (Å²) >= 11 is 5.04. The van der Waals surface area contributed by atoms with Crippen molar-refractivity contribution in [1.82, 2.24) is 10.3 Å². The SMILES string of the molecule is COc1cnccc1C(=O)NC1CCCC1C(N)=S. The van der Waals surface area contributed by atoms with E-state index in [1.54, 1.807) is 12.3 Å². The van der Waals surface area contributed by atoms with Gasteiger partial charge in [0.15, 0.2) is 0 Å². The molecule has 1 aliphatic carbocycles. The second-order valence-corrected chi connectivity index (χ2v) is 5.07. The number of thiocarbonyl (C=S) groups is 1. The zero-order chi connectivity index (χ0) is 13.8. The van der Waals surface area contributed by atoms with Gasteiger partial charge in [-0.05, 0) is 18.9 Å². The summed E-state index contributed by atoms with van der Waals surface area (Å²) in [6.45, 7) is 0. The van der Waals surface area contributed by atoms with Crippen molar-refractivity contribution in [3.8, 4) is 5.75 Å². The van der Waals surface area contributed by atoms with Gasteiger partial charge in [0.1, 0.15) is 5.75 Å². The number of pyridine rings is 1. The number of amides is 1. The molecule has 1 aromatic heterocycles. The lowest BCUT2D eigenvalue weighted by molar-refractivity contribution is 0.0930. The van der Waals surface area contributed by atoms with Crippen LogP contribution in [-0.4, -0.2) is 29.0 Å². The summed E-state index contributed by atoms with van der Waals surface area (Å²) in [5.41, 5.74) is 6.18. The Kier molecular flexibility index (Phi) is 4.31. The molecule has 0 saturated heterocycles. The fourth-order valence-electron chi connectivity index (χ4n) is 2.45. The Labute approximate surface area is 117 Å². The molecule has 0 spiro atoms. The Morgan fingerprint density at radius 1 is 1.58 bits per heavy atom. The van der Waals surface area contributed by atoms with Crippen molar-refractivity contribution in [2.75, 3.05) is 7.11 Å². The molecule has 5 nitrogen and oxygen atoms in total. The minimum absolute atomic E-state index is 0.0165. The lowest BCUT2D eigenvalue weighted by Gasteiger charge is -2.20. The highest BCUT2D eigenvalue weighted by atomic mass is 32.1. The zero-order valence-electron chi connectivity index (χ0n) is 10.8. The van der Waals surface area contributed by atoms with Crippen molar-refractivity contribution < 1.29 is 9.53 Å². The minimum atomic E-state index is -0.174. The molecule has 6 heteroatoms. The largest absolute Gasteiger partial charge is 0.494 e. The van der Waals surface area contributed by atoms with Gasteiger partial charge in [0, 0.05) is 18.2 Å². The van der Waals surface area contributed by atoms with E-state index in [9.17, 15) is 4.79 Å². The van der Waals surface area contributed by atoms with Crippen molar-refractivity contribution in [2.24, 2.45) is 11.7 Å². The van der Waals surface area contributed by atoms with Crippen LogP contribution in [-0.2, 0) is 0 Å². The van der Waals surface area contributed by atoms with Gasteiger partial charge in [-0.1, -0.05) is 18.6 Å². The molecule has 2 rings (SSSR count). The van der Waals surface area contributed by atoms with Crippen LogP contribution in [0.15, 0.2) is 18.5 Å². The summed E-state index contributed by atoms with van der Waals surface area (Å²) in [6, 6.07) is 1.65. The normalized spacial score (nSPS) is 21.9. The average Bonchev–Trinajstić information content (AvgIpc) is 2.87. The van der Waals surface area contributed by atoms with Gasteiger partial charge in [-0.15, -0.1) is 0 Å². The number of hydrogen-bond donors (Lipinski definition) is 2. The van der Waals surface area contributed by atoms with Crippen molar-refractivity contribution in [2.45, 2.75) is 25.3 Å². The molecule has 1 fully saturated rings. The Balaban J connectivity index is 2.10.